The van der Waals surface area contributed by atoms with Gasteiger partial charge in [-0.3, -0.25) is 14.5 Å². The van der Waals surface area contributed by atoms with Crippen molar-refractivity contribution in [3.63, 3.8) is 0 Å². The van der Waals surface area contributed by atoms with Crippen LogP contribution in [0.15, 0.2) is 59.7 Å². The van der Waals surface area contributed by atoms with Gasteiger partial charge in [0.05, 0.1) is 6.54 Å². The highest BCUT2D eigenvalue weighted by molar-refractivity contribution is 7.99. The van der Waals surface area contributed by atoms with Crippen molar-refractivity contribution in [2.75, 3.05) is 29.9 Å². The Morgan fingerprint density at radius 3 is 2.50 bits per heavy atom. The van der Waals surface area contributed by atoms with Crippen LogP contribution in [0.5, 0.6) is 0 Å². The number of nitrogens with zero attached hydrogens (tertiary/aromatic N) is 3. The van der Waals surface area contributed by atoms with E-state index >= 15 is 0 Å². The van der Waals surface area contributed by atoms with Gasteiger partial charge in [0.2, 0.25) is 5.91 Å². The summed E-state index contributed by atoms with van der Waals surface area (Å²) in [5.74, 6) is 2.01. The minimum absolute atomic E-state index is 0.0567. The summed E-state index contributed by atoms with van der Waals surface area (Å²) in [5, 5.41) is 8.81. The van der Waals surface area contributed by atoms with Crippen LogP contribution in [0.1, 0.15) is 24.0 Å². The number of anilines is 1. The van der Waals surface area contributed by atoms with E-state index in [1.54, 1.807) is 0 Å². The molecule has 0 bridgehead atoms. The summed E-state index contributed by atoms with van der Waals surface area (Å²) in [6, 6.07) is 17.6. The summed E-state index contributed by atoms with van der Waals surface area (Å²) >= 11 is 1.98. The predicted molar refractivity (Wildman–Crippen MR) is 121 cm³/mol. The maximum atomic E-state index is 12.9. The van der Waals surface area contributed by atoms with Crippen LogP contribution in [-0.2, 0) is 22.7 Å². The lowest BCUT2D eigenvalue weighted by Crippen LogP contribution is -2.36. The largest absolute Gasteiger partial charge is 0.321 e. The lowest BCUT2D eigenvalue weighted by Gasteiger charge is -2.27. The molecule has 0 saturated carbocycles. The number of thioether (sulfide) groups is 1. The van der Waals surface area contributed by atoms with Crippen molar-refractivity contribution < 1.29 is 9.59 Å². The van der Waals surface area contributed by atoms with E-state index in [2.05, 4.69) is 21.4 Å². The molecular formula is C23H26N4O2S. The molecule has 156 valence electrons. The van der Waals surface area contributed by atoms with Gasteiger partial charge in [-0.15, -0.1) is 0 Å². The van der Waals surface area contributed by atoms with Crippen molar-refractivity contribution in [3.05, 3.63) is 65.7 Å². The Bertz CT molecular complexity index is 926. The molecule has 0 radical (unpaired) electrons. The lowest BCUT2D eigenvalue weighted by atomic mass is 10.1. The molecule has 1 N–H and O–H groups in total. The number of carbonyl (C=O) groups excluding carboxylic acids is 2. The standard InChI is InChI=1S/C23H26N4O2S/c28-22-11-10-21(25-27(22)16-18-6-2-1-3-7-18)23(29)24-20-9-5-4-8-19(20)17-26-12-14-30-15-13-26/h1-9H,10-17H2,(H,24,29). The molecule has 2 aromatic carbocycles. The second kappa shape index (κ2) is 9.91. The molecule has 0 atom stereocenters. The van der Waals surface area contributed by atoms with Crippen LogP contribution in [0, 0.1) is 0 Å². The number of amides is 2. The van der Waals surface area contributed by atoms with Gasteiger partial charge in [-0.05, 0) is 17.2 Å². The molecule has 0 spiro atoms. The summed E-state index contributed by atoms with van der Waals surface area (Å²) < 4.78 is 0. The summed E-state index contributed by atoms with van der Waals surface area (Å²) in [4.78, 5) is 27.6. The van der Waals surface area contributed by atoms with E-state index in [4.69, 9.17) is 0 Å². The van der Waals surface area contributed by atoms with E-state index in [1.807, 2.05) is 60.3 Å². The molecule has 6 nitrogen and oxygen atoms in total. The molecule has 1 fully saturated rings. The maximum absolute atomic E-state index is 12.9. The van der Waals surface area contributed by atoms with Gasteiger partial charge in [0, 0.05) is 49.7 Å². The van der Waals surface area contributed by atoms with Gasteiger partial charge in [-0.25, -0.2) is 5.01 Å². The fourth-order valence-electron chi connectivity index (χ4n) is 3.62. The summed E-state index contributed by atoms with van der Waals surface area (Å²) in [6.07, 6.45) is 0.660. The van der Waals surface area contributed by atoms with Crippen LogP contribution < -0.4 is 5.32 Å². The topological polar surface area (TPSA) is 65.0 Å². The van der Waals surface area contributed by atoms with Gasteiger partial charge < -0.3 is 5.32 Å². The molecule has 7 heteroatoms. The molecular weight excluding hydrogens is 396 g/mol. The molecule has 2 heterocycles. The molecule has 1 saturated heterocycles. The Morgan fingerprint density at radius 2 is 1.70 bits per heavy atom. The highest BCUT2D eigenvalue weighted by Gasteiger charge is 2.25. The molecule has 2 aromatic rings. The third-order valence-corrected chi connectivity index (χ3v) is 6.25. The zero-order valence-electron chi connectivity index (χ0n) is 16.9. The van der Waals surface area contributed by atoms with E-state index in [-0.39, 0.29) is 11.8 Å². The molecule has 0 aliphatic carbocycles. The number of benzene rings is 2. The van der Waals surface area contributed by atoms with Gasteiger partial charge in [-0.2, -0.15) is 16.9 Å². The average Bonchev–Trinajstić information content (AvgIpc) is 2.78. The predicted octanol–water partition coefficient (Wildman–Crippen LogP) is 3.35. The monoisotopic (exact) mass is 422 g/mol. The Labute approximate surface area is 181 Å². The van der Waals surface area contributed by atoms with E-state index in [0.29, 0.717) is 25.1 Å². The van der Waals surface area contributed by atoms with E-state index < -0.39 is 0 Å². The number of hydrogen-bond donors (Lipinski definition) is 1. The number of hydrazone groups is 1. The van der Waals surface area contributed by atoms with Gasteiger partial charge in [0.1, 0.15) is 5.71 Å². The molecule has 4 rings (SSSR count). The first-order valence-electron chi connectivity index (χ1n) is 10.3. The van der Waals surface area contributed by atoms with Crippen molar-refractivity contribution in [1.82, 2.24) is 9.91 Å². The minimum Gasteiger partial charge on any atom is -0.321 e. The number of para-hydroxylation sites is 1. The van der Waals surface area contributed by atoms with E-state index in [9.17, 15) is 9.59 Å². The number of nitrogens with one attached hydrogen (secondary N) is 1. The van der Waals surface area contributed by atoms with Crippen molar-refractivity contribution in [2.45, 2.75) is 25.9 Å². The number of carbonyl (C=O) groups is 2. The maximum Gasteiger partial charge on any atom is 0.271 e. The fourth-order valence-corrected chi connectivity index (χ4v) is 4.60. The Kier molecular flexibility index (Phi) is 6.81. The Morgan fingerprint density at radius 1 is 0.967 bits per heavy atom. The quantitative estimate of drug-likeness (QED) is 0.775. The van der Waals surface area contributed by atoms with Gasteiger partial charge >= 0.3 is 0 Å². The smallest absolute Gasteiger partial charge is 0.271 e. The third kappa shape index (κ3) is 5.29. The zero-order valence-corrected chi connectivity index (χ0v) is 17.7. The zero-order chi connectivity index (χ0) is 20.8. The van der Waals surface area contributed by atoms with Crippen molar-refractivity contribution >= 4 is 35.0 Å². The Hall–Kier alpha value is -2.64. The molecule has 2 amide bonds. The van der Waals surface area contributed by atoms with E-state index in [0.717, 1.165) is 48.0 Å². The van der Waals surface area contributed by atoms with E-state index in [1.165, 1.54) is 5.01 Å². The first-order chi connectivity index (χ1) is 14.7. The van der Waals surface area contributed by atoms with Crippen LogP contribution in [0.3, 0.4) is 0 Å². The van der Waals surface area contributed by atoms with Crippen molar-refractivity contribution in [2.24, 2.45) is 5.10 Å². The normalized spacial score (nSPS) is 17.5. The molecule has 2 aliphatic rings. The van der Waals surface area contributed by atoms with Crippen LogP contribution in [-0.4, -0.2) is 52.0 Å². The van der Waals surface area contributed by atoms with Gasteiger partial charge in [-0.1, -0.05) is 48.5 Å². The first kappa shape index (κ1) is 20.6. The second-order valence-electron chi connectivity index (χ2n) is 7.48. The molecule has 0 unspecified atom stereocenters. The number of hydrogen-bond acceptors (Lipinski definition) is 5. The average molecular weight is 423 g/mol. The second-order valence-corrected chi connectivity index (χ2v) is 8.71. The first-order valence-corrected chi connectivity index (χ1v) is 11.5. The van der Waals surface area contributed by atoms with Crippen molar-refractivity contribution in [3.8, 4) is 0 Å². The van der Waals surface area contributed by atoms with Gasteiger partial charge in [0.25, 0.3) is 5.91 Å². The fraction of sp³-hybridized carbons (Fsp3) is 0.348. The highest BCUT2D eigenvalue weighted by atomic mass is 32.2. The Balaban J connectivity index is 1.45. The van der Waals surface area contributed by atoms with Gasteiger partial charge in [0.15, 0.2) is 0 Å². The summed E-state index contributed by atoms with van der Waals surface area (Å²) in [6.45, 7) is 3.33. The minimum atomic E-state index is -0.234. The SMILES string of the molecule is O=C(Nc1ccccc1CN1CCSCC1)C1=NN(Cc2ccccc2)C(=O)CC1. The van der Waals surface area contributed by atoms with Crippen LogP contribution in [0.4, 0.5) is 5.69 Å². The summed E-state index contributed by atoms with van der Waals surface area (Å²) in [5.41, 5.74) is 3.30. The molecule has 30 heavy (non-hydrogen) atoms. The third-order valence-electron chi connectivity index (χ3n) is 5.31. The van der Waals surface area contributed by atoms with Crippen LogP contribution in [0.25, 0.3) is 0 Å². The van der Waals surface area contributed by atoms with Crippen LogP contribution in [0.2, 0.25) is 0 Å². The summed E-state index contributed by atoms with van der Waals surface area (Å²) in [7, 11) is 0. The molecule has 2 aliphatic heterocycles. The van der Waals surface area contributed by atoms with Crippen LogP contribution >= 0.6 is 11.8 Å². The molecule has 0 aromatic heterocycles. The van der Waals surface area contributed by atoms with Crippen molar-refractivity contribution in [1.29, 1.82) is 0 Å². The number of rotatable bonds is 6. The lowest BCUT2D eigenvalue weighted by molar-refractivity contribution is -0.132. The highest BCUT2D eigenvalue weighted by Crippen LogP contribution is 2.21.